The lowest BCUT2D eigenvalue weighted by Gasteiger charge is -2.32. The molecule has 2 amide bonds. The molecule has 0 aliphatic carbocycles. The predicted octanol–water partition coefficient (Wildman–Crippen LogP) is 0.111. The van der Waals surface area contributed by atoms with Crippen molar-refractivity contribution in [3.63, 3.8) is 0 Å². The number of H-pyrrole nitrogens is 1. The highest BCUT2D eigenvalue weighted by Gasteiger charge is 2.35. The van der Waals surface area contributed by atoms with Gasteiger partial charge >= 0.3 is 5.97 Å². The summed E-state index contributed by atoms with van der Waals surface area (Å²) in [6.45, 7) is 5.23. The van der Waals surface area contributed by atoms with Crippen LogP contribution in [0.2, 0.25) is 0 Å². The van der Waals surface area contributed by atoms with Crippen LogP contribution in [-0.4, -0.2) is 54.0 Å². The molecule has 3 N–H and O–H groups in total. The lowest BCUT2D eigenvalue weighted by atomic mass is 9.92. The molecule has 10 heteroatoms. The van der Waals surface area contributed by atoms with Gasteiger partial charge in [-0.2, -0.15) is 4.98 Å². The third-order valence-electron chi connectivity index (χ3n) is 4.95. The summed E-state index contributed by atoms with van der Waals surface area (Å²) < 4.78 is 5.10. The molecule has 2 aliphatic heterocycles. The van der Waals surface area contributed by atoms with Gasteiger partial charge in [0, 0.05) is 26.1 Å². The van der Waals surface area contributed by atoms with Crippen molar-refractivity contribution < 1.29 is 19.1 Å². The molecule has 0 radical (unpaired) electrons. The number of hydrogen-bond acceptors (Lipinski definition) is 7. The molecule has 2 aliphatic rings. The maximum atomic E-state index is 12.7. The monoisotopic (exact) mass is 391 g/mol. The molecular formula is C18H25N5O5. The number of aromatic nitrogens is 2. The minimum atomic E-state index is -0.873. The number of likely N-dealkylation sites (N-methyl/N-ethyl adjacent to an activating group) is 1. The molecule has 3 rings (SSSR count). The molecule has 28 heavy (non-hydrogen) atoms. The van der Waals surface area contributed by atoms with Crippen molar-refractivity contribution in [1.29, 1.82) is 0 Å². The average Bonchev–Trinajstić information content (AvgIpc) is 2.67. The van der Waals surface area contributed by atoms with Crippen molar-refractivity contribution in [3.05, 3.63) is 15.9 Å². The molecule has 1 aromatic rings. The Morgan fingerprint density at radius 3 is 2.82 bits per heavy atom. The number of hydrogen-bond donors (Lipinski definition) is 3. The van der Waals surface area contributed by atoms with Gasteiger partial charge in [-0.25, -0.2) is 0 Å². The molecule has 1 aromatic heterocycles. The normalized spacial score (nSPS) is 21.5. The molecule has 0 spiro atoms. The van der Waals surface area contributed by atoms with E-state index in [1.54, 1.807) is 18.7 Å². The van der Waals surface area contributed by atoms with Crippen molar-refractivity contribution in [3.8, 4) is 0 Å². The fourth-order valence-electron chi connectivity index (χ4n) is 3.65. The summed E-state index contributed by atoms with van der Waals surface area (Å²) in [7, 11) is 0. The van der Waals surface area contributed by atoms with Crippen molar-refractivity contribution in [1.82, 2.24) is 15.3 Å². The number of amides is 2. The third kappa shape index (κ3) is 4.00. The summed E-state index contributed by atoms with van der Waals surface area (Å²) >= 11 is 0. The van der Waals surface area contributed by atoms with E-state index in [2.05, 4.69) is 20.6 Å². The quantitative estimate of drug-likeness (QED) is 0.607. The number of rotatable bonds is 5. The molecule has 10 nitrogen and oxygen atoms in total. The van der Waals surface area contributed by atoms with Crippen LogP contribution in [-0.2, 0) is 19.1 Å². The first-order valence-corrected chi connectivity index (χ1v) is 9.57. The second kappa shape index (κ2) is 8.41. The van der Waals surface area contributed by atoms with Crippen molar-refractivity contribution in [2.75, 3.05) is 36.5 Å². The van der Waals surface area contributed by atoms with Crippen LogP contribution in [0, 0.1) is 5.92 Å². The second-order valence-corrected chi connectivity index (χ2v) is 6.89. The number of aromatic amines is 1. The highest BCUT2D eigenvalue weighted by atomic mass is 16.5. The zero-order chi connectivity index (χ0) is 20.3. The lowest BCUT2D eigenvalue weighted by Crippen LogP contribution is -2.43. The Bertz CT molecular complexity index is 836. The summed E-state index contributed by atoms with van der Waals surface area (Å²) in [6.07, 6.45) is 1.36. The van der Waals surface area contributed by atoms with Gasteiger partial charge < -0.3 is 20.3 Å². The van der Waals surface area contributed by atoms with Crippen molar-refractivity contribution in [2.24, 2.45) is 5.92 Å². The Morgan fingerprint density at radius 2 is 2.11 bits per heavy atom. The van der Waals surface area contributed by atoms with Crippen LogP contribution in [0.5, 0.6) is 0 Å². The maximum Gasteiger partial charge on any atom is 0.310 e. The molecule has 0 unspecified atom stereocenters. The number of esters is 1. The Labute approximate surface area is 162 Å². The average molecular weight is 391 g/mol. The van der Waals surface area contributed by atoms with Crippen LogP contribution < -0.4 is 21.1 Å². The van der Waals surface area contributed by atoms with Gasteiger partial charge in [-0.3, -0.25) is 24.2 Å². The van der Waals surface area contributed by atoms with E-state index in [1.807, 2.05) is 0 Å². The topological polar surface area (TPSA) is 133 Å². The van der Waals surface area contributed by atoms with E-state index in [1.165, 1.54) is 0 Å². The van der Waals surface area contributed by atoms with Crippen molar-refractivity contribution in [2.45, 2.75) is 39.0 Å². The van der Waals surface area contributed by atoms with Gasteiger partial charge in [-0.1, -0.05) is 0 Å². The summed E-state index contributed by atoms with van der Waals surface area (Å²) in [4.78, 5) is 58.0. The van der Waals surface area contributed by atoms with E-state index >= 15 is 0 Å². The lowest BCUT2D eigenvalue weighted by molar-refractivity contribution is -0.148. The molecule has 2 atom stereocenters. The summed E-state index contributed by atoms with van der Waals surface area (Å²) in [5, 5.41) is 5.24. The Morgan fingerprint density at radius 1 is 1.32 bits per heavy atom. The van der Waals surface area contributed by atoms with Crippen LogP contribution in [0.4, 0.5) is 11.8 Å². The van der Waals surface area contributed by atoms with Crippen LogP contribution >= 0.6 is 0 Å². The third-order valence-corrected chi connectivity index (χ3v) is 4.95. The number of anilines is 2. The van der Waals surface area contributed by atoms with E-state index in [4.69, 9.17) is 4.74 Å². The number of nitrogens with one attached hydrogen (secondary N) is 3. The van der Waals surface area contributed by atoms with Gasteiger partial charge in [0.15, 0.2) is 0 Å². The van der Waals surface area contributed by atoms with E-state index < -0.39 is 11.5 Å². The molecule has 1 fully saturated rings. The minimum absolute atomic E-state index is 0.0996. The van der Waals surface area contributed by atoms with Gasteiger partial charge in [0.25, 0.3) is 5.56 Å². The van der Waals surface area contributed by atoms with Crippen LogP contribution in [0.3, 0.4) is 0 Å². The summed E-state index contributed by atoms with van der Waals surface area (Å²) in [6, 6.07) is 0. The highest BCUT2D eigenvalue weighted by molar-refractivity contribution is 6.00. The standard InChI is InChI=1S/C18H25N5O5/c1-3-19-15(25)11-8-12(24)20-14-13(11)16(26)22-18(21-14)23-7-5-6-10(9-23)17(27)28-4-2/h10-11H,3-9H2,1-2H3,(H,19,25)(H2,20,21,22,24,26)/t10-,11-/m1/s1. The molecule has 152 valence electrons. The number of piperidine rings is 1. The fraction of sp³-hybridized carbons (Fsp3) is 0.611. The number of fused-ring (bicyclic) bond motifs is 1. The first kappa shape index (κ1) is 19.8. The predicted molar refractivity (Wildman–Crippen MR) is 101 cm³/mol. The molecule has 3 heterocycles. The molecule has 0 bridgehead atoms. The molecule has 1 saturated heterocycles. The smallest absolute Gasteiger partial charge is 0.310 e. The van der Waals surface area contributed by atoms with Crippen molar-refractivity contribution >= 4 is 29.5 Å². The molecular weight excluding hydrogens is 366 g/mol. The van der Waals surface area contributed by atoms with Crippen LogP contribution in [0.25, 0.3) is 0 Å². The van der Waals surface area contributed by atoms with Gasteiger partial charge in [0.2, 0.25) is 17.8 Å². The Balaban J connectivity index is 1.89. The zero-order valence-electron chi connectivity index (χ0n) is 16.0. The first-order valence-electron chi connectivity index (χ1n) is 9.57. The Hall–Kier alpha value is -2.91. The first-order chi connectivity index (χ1) is 13.4. The highest BCUT2D eigenvalue weighted by Crippen LogP contribution is 2.30. The number of carbonyl (C=O) groups is 3. The van der Waals surface area contributed by atoms with Crippen LogP contribution in [0.15, 0.2) is 4.79 Å². The van der Waals surface area contributed by atoms with Crippen LogP contribution in [0.1, 0.15) is 44.6 Å². The molecule has 0 aromatic carbocycles. The van der Waals surface area contributed by atoms with E-state index in [0.717, 1.165) is 6.42 Å². The van der Waals surface area contributed by atoms with E-state index in [0.29, 0.717) is 32.7 Å². The fourth-order valence-corrected chi connectivity index (χ4v) is 3.65. The van der Waals surface area contributed by atoms with Gasteiger partial charge in [-0.15, -0.1) is 0 Å². The summed E-state index contributed by atoms with van der Waals surface area (Å²) in [5.41, 5.74) is -0.303. The molecule has 0 saturated carbocycles. The largest absolute Gasteiger partial charge is 0.466 e. The van der Waals surface area contributed by atoms with E-state index in [-0.39, 0.29) is 47.5 Å². The Kier molecular flexibility index (Phi) is 5.96. The zero-order valence-corrected chi connectivity index (χ0v) is 16.0. The van der Waals surface area contributed by atoms with Gasteiger partial charge in [-0.05, 0) is 26.7 Å². The number of ether oxygens (including phenoxy) is 1. The minimum Gasteiger partial charge on any atom is -0.466 e. The maximum absolute atomic E-state index is 12.7. The van der Waals surface area contributed by atoms with Gasteiger partial charge in [0.05, 0.1) is 24.0 Å². The summed E-state index contributed by atoms with van der Waals surface area (Å²) in [5.74, 6) is -1.80. The van der Waals surface area contributed by atoms with Gasteiger partial charge in [0.1, 0.15) is 5.82 Å². The second-order valence-electron chi connectivity index (χ2n) is 6.89. The SMILES string of the molecule is CCNC(=O)[C@@H]1CC(=O)Nc2nc(N3CCC[C@@H](C(=O)OCC)C3)[nH]c(=O)c21. The van der Waals surface area contributed by atoms with E-state index in [9.17, 15) is 19.2 Å². The number of nitrogens with zero attached hydrogens (tertiary/aromatic N) is 2. The number of carbonyl (C=O) groups excluding carboxylic acids is 3.